The fraction of sp³-hybridized carbons (Fsp3) is 0.407. The summed E-state index contributed by atoms with van der Waals surface area (Å²) in [6.07, 6.45) is 6.81. The number of carbonyl (C=O) groups excluding carboxylic acids is 1. The molecule has 0 radical (unpaired) electrons. The van der Waals surface area contributed by atoms with Crippen molar-refractivity contribution in [3.63, 3.8) is 0 Å². The number of piperazine rings is 1. The van der Waals surface area contributed by atoms with Gasteiger partial charge in [-0.15, -0.1) is 0 Å². The van der Waals surface area contributed by atoms with E-state index in [1.54, 1.807) is 22.4 Å². The number of nitrogens with one attached hydrogen (secondary N) is 1. The highest BCUT2D eigenvalue weighted by Gasteiger charge is 2.27. The van der Waals surface area contributed by atoms with E-state index in [0.29, 0.717) is 37.8 Å². The Morgan fingerprint density at radius 3 is 2.53 bits per heavy atom. The largest absolute Gasteiger partial charge is 0.444 e. The molecule has 0 spiro atoms. The lowest BCUT2D eigenvalue weighted by molar-refractivity contribution is 0.0240. The smallest absolute Gasteiger partial charge is 0.410 e. The topological polar surface area (TPSA) is 136 Å². The molecule has 11 heteroatoms. The second-order valence-corrected chi connectivity index (χ2v) is 11.5. The van der Waals surface area contributed by atoms with E-state index in [2.05, 4.69) is 34.0 Å². The molecule has 1 fully saturated rings. The first-order chi connectivity index (χ1) is 18.0. The third-order valence-corrected chi connectivity index (χ3v) is 7.08. The van der Waals surface area contributed by atoms with Crippen LogP contribution in [0.1, 0.15) is 34.6 Å². The minimum absolute atomic E-state index is 0.259. The van der Waals surface area contributed by atoms with Crippen LogP contribution in [0.5, 0.6) is 0 Å². The van der Waals surface area contributed by atoms with E-state index in [9.17, 15) is 4.79 Å². The Kier molecular flexibility index (Phi) is 8.05. The van der Waals surface area contributed by atoms with Crippen LogP contribution in [0.3, 0.4) is 0 Å². The molecule has 0 aliphatic carbocycles. The zero-order valence-corrected chi connectivity index (χ0v) is 23.4. The number of aromatic nitrogens is 3. The number of amides is 1. The van der Waals surface area contributed by atoms with Crippen molar-refractivity contribution in [1.82, 2.24) is 19.9 Å². The van der Waals surface area contributed by atoms with Crippen LogP contribution in [0.15, 0.2) is 54.3 Å². The molecule has 10 nitrogen and oxygen atoms in total. The molecule has 38 heavy (non-hydrogen) atoms. The van der Waals surface area contributed by atoms with Gasteiger partial charge in [-0.25, -0.2) is 14.8 Å². The predicted molar refractivity (Wildman–Crippen MR) is 154 cm³/mol. The van der Waals surface area contributed by atoms with Crippen LogP contribution in [0, 0.1) is 5.92 Å². The van der Waals surface area contributed by atoms with Crippen molar-refractivity contribution in [3.8, 4) is 10.4 Å². The first-order valence-corrected chi connectivity index (χ1v) is 13.5. The summed E-state index contributed by atoms with van der Waals surface area (Å²) in [4.78, 5) is 31.2. The zero-order chi connectivity index (χ0) is 27.4. The number of anilines is 2. The number of rotatable bonds is 6. The first kappa shape index (κ1) is 27.2. The van der Waals surface area contributed by atoms with Gasteiger partial charge in [-0.1, -0.05) is 25.2 Å². The fourth-order valence-corrected chi connectivity index (χ4v) is 4.88. The van der Waals surface area contributed by atoms with Crippen molar-refractivity contribution in [2.24, 2.45) is 17.4 Å². The molecule has 202 valence electrons. The zero-order valence-electron chi connectivity index (χ0n) is 22.6. The lowest BCUT2D eigenvalue weighted by atomic mass is 10.0. The van der Waals surface area contributed by atoms with Crippen LogP contribution in [0.2, 0.25) is 0 Å². The molecule has 3 aromatic heterocycles. The Hall–Kier alpha value is -3.86. The highest BCUT2D eigenvalue weighted by Crippen LogP contribution is 2.32. The van der Waals surface area contributed by atoms with E-state index in [1.165, 1.54) is 0 Å². The van der Waals surface area contributed by atoms with Crippen LogP contribution < -0.4 is 21.7 Å². The molecular formula is C27H36N8O2S. The van der Waals surface area contributed by atoms with Gasteiger partial charge in [0, 0.05) is 44.1 Å². The van der Waals surface area contributed by atoms with Crippen molar-refractivity contribution in [1.29, 1.82) is 0 Å². The summed E-state index contributed by atoms with van der Waals surface area (Å²) in [5, 5.41) is 4.05. The molecule has 0 unspecified atom stereocenters. The van der Waals surface area contributed by atoms with E-state index >= 15 is 0 Å². The normalized spacial score (nSPS) is 15.3. The van der Waals surface area contributed by atoms with Gasteiger partial charge in [-0.2, -0.15) is 0 Å². The molecule has 1 amide bonds. The quantitative estimate of drug-likeness (QED) is 0.388. The predicted octanol–water partition coefficient (Wildman–Crippen LogP) is 4.52. The number of carbonyl (C=O) groups is 1. The molecular weight excluding hydrogens is 500 g/mol. The number of fused-ring (bicyclic) bond motifs is 1. The van der Waals surface area contributed by atoms with E-state index in [-0.39, 0.29) is 12.0 Å². The SMILES string of the molecule is CC(C)C(=C/N)/C=C(\N)Nc1ccc2ncc(-c3cnc(N4CCN(C(=O)OC(C)(C)C)CC4)s3)cc2n1. The number of hydrogen-bond acceptors (Lipinski definition) is 10. The standard InChI is InChI=1S/C27H36N8O2S/c1-17(2)18(14-28)13-23(29)33-24-7-6-20-21(32-24)12-19(15-30-20)22-16-31-25(38-22)34-8-10-35(11-9-34)26(36)37-27(3,4)5/h6-7,12-17H,8-11,28-29H2,1-5H3,(H,32,33)/b18-14+,23-13+. The van der Waals surface area contributed by atoms with Crippen LogP contribution >= 0.6 is 11.3 Å². The third-order valence-electron chi connectivity index (χ3n) is 5.97. The van der Waals surface area contributed by atoms with Crippen molar-refractivity contribution in [3.05, 3.63) is 54.3 Å². The molecule has 3 aromatic rings. The molecule has 4 rings (SSSR count). The van der Waals surface area contributed by atoms with E-state index in [1.807, 2.05) is 57.4 Å². The van der Waals surface area contributed by atoms with Crippen LogP contribution in [-0.2, 0) is 4.74 Å². The highest BCUT2D eigenvalue weighted by atomic mass is 32.1. The van der Waals surface area contributed by atoms with Gasteiger partial charge in [-0.3, -0.25) is 4.98 Å². The molecule has 0 aromatic carbocycles. The Morgan fingerprint density at radius 1 is 1.13 bits per heavy atom. The molecule has 0 bridgehead atoms. The third kappa shape index (κ3) is 6.71. The molecule has 4 heterocycles. The summed E-state index contributed by atoms with van der Waals surface area (Å²) >= 11 is 1.60. The second kappa shape index (κ2) is 11.3. The lowest BCUT2D eigenvalue weighted by Crippen LogP contribution is -2.50. The van der Waals surface area contributed by atoms with Crippen molar-refractivity contribution >= 4 is 39.4 Å². The number of allylic oxidation sites excluding steroid dienone is 2. The van der Waals surface area contributed by atoms with E-state index < -0.39 is 5.60 Å². The van der Waals surface area contributed by atoms with Crippen molar-refractivity contribution in [2.75, 3.05) is 36.4 Å². The van der Waals surface area contributed by atoms with Gasteiger partial charge in [-0.05, 0) is 62.7 Å². The van der Waals surface area contributed by atoms with Crippen LogP contribution in [0.4, 0.5) is 15.7 Å². The second-order valence-electron chi connectivity index (χ2n) is 10.5. The van der Waals surface area contributed by atoms with Crippen LogP contribution in [0.25, 0.3) is 21.5 Å². The Bertz CT molecular complexity index is 1350. The summed E-state index contributed by atoms with van der Waals surface area (Å²) in [6.45, 7) is 12.3. The van der Waals surface area contributed by atoms with Crippen molar-refractivity contribution < 1.29 is 9.53 Å². The van der Waals surface area contributed by atoms with E-state index in [0.717, 1.165) is 32.2 Å². The number of nitrogens with two attached hydrogens (primary N) is 2. The lowest BCUT2D eigenvalue weighted by Gasteiger charge is -2.35. The van der Waals surface area contributed by atoms with Crippen molar-refractivity contribution in [2.45, 2.75) is 40.2 Å². The number of thiazole rings is 1. The number of ether oxygens (including phenoxy) is 1. The average Bonchev–Trinajstić information content (AvgIpc) is 3.36. The van der Waals surface area contributed by atoms with Crippen LogP contribution in [-0.4, -0.2) is 57.7 Å². The van der Waals surface area contributed by atoms with E-state index in [4.69, 9.17) is 21.2 Å². The minimum atomic E-state index is -0.500. The average molecular weight is 537 g/mol. The maximum Gasteiger partial charge on any atom is 0.410 e. The van der Waals surface area contributed by atoms with Gasteiger partial charge in [0.05, 0.1) is 15.9 Å². The molecule has 5 N–H and O–H groups in total. The highest BCUT2D eigenvalue weighted by molar-refractivity contribution is 7.18. The Balaban J connectivity index is 1.45. The maximum absolute atomic E-state index is 12.4. The number of pyridine rings is 2. The summed E-state index contributed by atoms with van der Waals surface area (Å²) in [5.41, 5.74) is 14.8. The molecule has 1 aliphatic rings. The summed E-state index contributed by atoms with van der Waals surface area (Å²) in [5.74, 6) is 1.35. The monoisotopic (exact) mass is 536 g/mol. The minimum Gasteiger partial charge on any atom is -0.444 e. The number of nitrogens with zero attached hydrogens (tertiary/aromatic N) is 5. The molecule has 0 atom stereocenters. The summed E-state index contributed by atoms with van der Waals surface area (Å²) in [7, 11) is 0. The number of hydrogen-bond donors (Lipinski definition) is 3. The van der Waals surface area contributed by atoms with Gasteiger partial charge in [0.15, 0.2) is 5.13 Å². The van der Waals surface area contributed by atoms with Gasteiger partial charge in [0.2, 0.25) is 0 Å². The molecule has 0 saturated carbocycles. The summed E-state index contributed by atoms with van der Waals surface area (Å²) < 4.78 is 5.50. The Morgan fingerprint density at radius 2 is 1.87 bits per heavy atom. The van der Waals surface area contributed by atoms with Gasteiger partial charge in [0.25, 0.3) is 0 Å². The van der Waals surface area contributed by atoms with Gasteiger partial charge >= 0.3 is 6.09 Å². The van der Waals surface area contributed by atoms with Gasteiger partial charge < -0.3 is 31.3 Å². The summed E-state index contributed by atoms with van der Waals surface area (Å²) in [6, 6.07) is 5.76. The molecule has 1 aliphatic heterocycles. The fourth-order valence-electron chi connectivity index (χ4n) is 3.93. The first-order valence-electron chi connectivity index (χ1n) is 12.6. The molecule has 1 saturated heterocycles. The maximum atomic E-state index is 12.4. The van der Waals surface area contributed by atoms with Gasteiger partial charge in [0.1, 0.15) is 17.2 Å². The Labute approximate surface area is 227 Å².